The smallest absolute Gasteiger partial charge is 0.162 e. The molecule has 106 valence electrons. The van der Waals surface area contributed by atoms with Crippen LogP contribution in [0.2, 0.25) is 0 Å². The van der Waals surface area contributed by atoms with Gasteiger partial charge in [-0.2, -0.15) is 0 Å². The van der Waals surface area contributed by atoms with Crippen molar-refractivity contribution in [3.8, 4) is 0 Å². The van der Waals surface area contributed by atoms with Gasteiger partial charge in [-0.25, -0.2) is 0 Å². The molecular weight excluding hydrogens is 238 g/mol. The van der Waals surface area contributed by atoms with E-state index in [-0.39, 0.29) is 6.04 Å². The van der Waals surface area contributed by atoms with Crippen molar-refractivity contribution in [3.63, 3.8) is 0 Å². The summed E-state index contributed by atoms with van der Waals surface area (Å²) in [7, 11) is 0. The van der Waals surface area contributed by atoms with Crippen LogP contribution in [0.3, 0.4) is 0 Å². The highest BCUT2D eigenvalue weighted by Gasteiger charge is 2.28. The Hall–Kier alpha value is -0.900. The van der Waals surface area contributed by atoms with Gasteiger partial charge in [0.05, 0.1) is 19.3 Å². The summed E-state index contributed by atoms with van der Waals surface area (Å²) in [6.07, 6.45) is 1.03. The molecule has 1 unspecified atom stereocenters. The van der Waals surface area contributed by atoms with E-state index in [1.54, 1.807) is 0 Å². The molecule has 1 N–H and O–H groups in total. The summed E-state index contributed by atoms with van der Waals surface area (Å²) in [5, 5.41) is 3.58. The molecule has 1 heterocycles. The Kier molecular flexibility index (Phi) is 4.61. The van der Waals surface area contributed by atoms with Crippen molar-refractivity contribution in [3.05, 3.63) is 35.4 Å². The number of nitrogens with one attached hydrogen (secondary N) is 1. The van der Waals surface area contributed by atoms with E-state index in [0.717, 1.165) is 6.42 Å². The van der Waals surface area contributed by atoms with E-state index in [9.17, 15) is 0 Å². The topological polar surface area (TPSA) is 30.5 Å². The van der Waals surface area contributed by atoms with Gasteiger partial charge in [0.2, 0.25) is 0 Å². The minimum atomic E-state index is -0.433. The van der Waals surface area contributed by atoms with Crippen LogP contribution in [0.15, 0.2) is 24.3 Å². The van der Waals surface area contributed by atoms with Crippen LogP contribution in [-0.2, 0) is 15.9 Å². The lowest BCUT2D eigenvalue weighted by molar-refractivity contribution is -0.253. The Labute approximate surface area is 116 Å². The van der Waals surface area contributed by atoms with Crippen molar-refractivity contribution in [1.29, 1.82) is 0 Å². The third-order valence-electron chi connectivity index (χ3n) is 3.57. The third-order valence-corrected chi connectivity index (χ3v) is 3.57. The molecule has 0 amide bonds. The van der Waals surface area contributed by atoms with Crippen LogP contribution in [-0.4, -0.2) is 31.1 Å². The quantitative estimate of drug-likeness (QED) is 0.906. The Bertz CT molecular complexity index is 407. The molecule has 1 aromatic carbocycles. The van der Waals surface area contributed by atoms with E-state index in [1.165, 1.54) is 11.1 Å². The molecule has 0 spiro atoms. The van der Waals surface area contributed by atoms with Gasteiger partial charge in [0.15, 0.2) is 5.79 Å². The fourth-order valence-electron chi connectivity index (χ4n) is 2.42. The maximum absolute atomic E-state index is 5.67. The fourth-order valence-corrected chi connectivity index (χ4v) is 2.42. The lowest BCUT2D eigenvalue weighted by atomic mass is 10.0. The highest BCUT2D eigenvalue weighted by Crippen LogP contribution is 2.17. The van der Waals surface area contributed by atoms with Gasteiger partial charge in [-0.15, -0.1) is 0 Å². The molecule has 0 bridgehead atoms. The third kappa shape index (κ3) is 4.30. The Morgan fingerprint density at radius 2 is 1.89 bits per heavy atom. The second-order valence-electron chi connectivity index (χ2n) is 5.92. The summed E-state index contributed by atoms with van der Waals surface area (Å²) in [5.41, 5.74) is 2.76. The predicted octanol–water partition coefficient (Wildman–Crippen LogP) is 2.67. The van der Waals surface area contributed by atoms with Crippen molar-refractivity contribution in [1.82, 2.24) is 5.32 Å². The zero-order valence-corrected chi connectivity index (χ0v) is 12.4. The molecule has 1 atom stereocenters. The molecule has 19 heavy (non-hydrogen) atoms. The number of aryl methyl sites for hydroxylation is 1. The van der Waals surface area contributed by atoms with E-state index in [0.29, 0.717) is 19.3 Å². The summed E-state index contributed by atoms with van der Waals surface area (Å²) in [6.45, 7) is 9.72. The van der Waals surface area contributed by atoms with E-state index in [2.05, 4.69) is 43.4 Å². The van der Waals surface area contributed by atoms with Gasteiger partial charge in [-0.1, -0.05) is 24.3 Å². The van der Waals surface area contributed by atoms with Crippen LogP contribution in [0, 0.1) is 6.92 Å². The normalized spacial score (nSPS) is 21.3. The van der Waals surface area contributed by atoms with Crippen LogP contribution in [0.25, 0.3) is 0 Å². The van der Waals surface area contributed by atoms with Crippen LogP contribution in [0.4, 0.5) is 0 Å². The Balaban J connectivity index is 1.82. The number of benzene rings is 1. The Morgan fingerprint density at radius 1 is 1.26 bits per heavy atom. The molecule has 0 saturated carbocycles. The lowest BCUT2D eigenvalue weighted by Crippen LogP contribution is -2.51. The molecule has 3 heteroatoms. The maximum Gasteiger partial charge on any atom is 0.162 e. The molecule has 1 aliphatic heterocycles. The van der Waals surface area contributed by atoms with Gasteiger partial charge in [0.25, 0.3) is 0 Å². The summed E-state index contributed by atoms with van der Waals surface area (Å²) in [5.74, 6) is -0.433. The van der Waals surface area contributed by atoms with E-state index in [4.69, 9.17) is 9.47 Å². The SMILES string of the molecule is Cc1ccccc1CC(C)NC1COC(C)(C)OC1. The standard InChI is InChI=1S/C16H25NO2/c1-12-7-5-6-8-14(12)9-13(2)17-15-10-18-16(3,4)19-11-15/h5-8,13,15,17H,9-11H2,1-4H3. The number of ether oxygens (including phenoxy) is 2. The van der Waals surface area contributed by atoms with Gasteiger partial charge in [-0.05, 0) is 45.2 Å². The van der Waals surface area contributed by atoms with Crippen molar-refractivity contribution >= 4 is 0 Å². The van der Waals surface area contributed by atoms with Crippen molar-refractivity contribution in [2.45, 2.75) is 52.0 Å². The number of hydrogen-bond acceptors (Lipinski definition) is 3. The summed E-state index contributed by atoms with van der Waals surface area (Å²) in [6, 6.07) is 9.25. The lowest BCUT2D eigenvalue weighted by Gasteiger charge is -2.36. The van der Waals surface area contributed by atoms with Gasteiger partial charge in [0.1, 0.15) is 0 Å². The minimum absolute atomic E-state index is 0.284. The van der Waals surface area contributed by atoms with E-state index < -0.39 is 5.79 Å². The maximum atomic E-state index is 5.67. The first-order valence-corrected chi connectivity index (χ1v) is 7.05. The van der Waals surface area contributed by atoms with Crippen LogP contribution >= 0.6 is 0 Å². The van der Waals surface area contributed by atoms with Crippen LogP contribution in [0.1, 0.15) is 31.9 Å². The molecule has 1 fully saturated rings. The monoisotopic (exact) mass is 263 g/mol. The first-order valence-electron chi connectivity index (χ1n) is 7.05. The van der Waals surface area contributed by atoms with Crippen molar-refractivity contribution in [2.75, 3.05) is 13.2 Å². The second kappa shape index (κ2) is 6.04. The molecule has 0 radical (unpaired) electrons. The predicted molar refractivity (Wildman–Crippen MR) is 77.3 cm³/mol. The largest absolute Gasteiger partial charge is 0.349 e. The highest BCUT2D eigenvalue weighted by molar-refractivity contribution is 5.26. The van der Waals surface area contributed by atoms with Crippen LogP contribution in [0.5, 0.6) is 0 Å². The zero-order valence-electron chi connectivity index (χ0n) is 12.4. The number of rotatable bonds is 4. The Morgan fingerprint density at radius 3 is 2.53 bits per heavy atom. The molecule has 3 nitrogen and oxygen atoms in total. The highest BCUT2D eigenvalue weighted by atomic mass is 16.7. The molecule has 1 aromatic rings. The number of hydrogen-bond donors (Lipinski definition) is 1. The average molecular weight is 263 g/mol. The average Bonchev–Trinajstić information content (AvgIpc) is 2.35. The molecule has 1 aliphatic rings. The van der Waals surface area contributed by atoms with Gasteiger partial charge in [0, 0.05) is 6.04 Å². The first kappa shape index (κ1) is 14.5. The molecule has 1 saturated heterocycles. The summed E-state index contributed by atoms with van der Waals surface area (Å²) >= 11 is 0. The molecule has 0 aromatic heterocycles. The van der Waals surface area contributed by atoms with Gasteiger partial charge in [-0.3, -0.25) is 0 Å². The van der Waals surface area contributed by atoms with Crippen LogP contribution < -0.4 is 5.32 Å². The van der Waals surface area contributed by atoms with E-state index in [1.807, 2.05) is 13.8 Å². The van der Waals surface area contributed by atoms with Crippen molar-refractivity contribution in [2.24, 2.45) is 0 Å². The second-order valence-corrected chi connectivity index (χ2v) is 5.92. The van der Waals surface area contributed by atoms with Crippen molar-refractivity contribution < 1.29 is 9.47 Å². The molecular formula is C16H25NO2. The van der Waals surface area contributed by atoms with Gasteiger partial charge < -0.3 is 14.8 Å². The molecule has 0 aliphatic carbocycles. The minimum Gasteiger partial charge on any atom is -0.349 e. The summed E-state index contributed by atoms with van der Waals surface area (Å²) < 4.78 is 11.3. The summed E-state index contributed by atoms with van der Waals surface area (Å²) in [4.78, 5) is 0. The zero-order chi connectivity index (χ0) is 13.9. The van der Waals surface area contributed by atoms with E-state index >= 15 is 0 Å². The van der Waals surface area contributed by atoms with Gasteiger partial charge >= 0.3 is 0 Å². The fraction of sp³-hybridized carbons (Fsp3) is 0.625. The molecule has 2 rings (SSSR count). The first-order chi connectivity index (χ1) is 8.96.